The molecule has 8 rings (SSSR count). The Kier molecular flexibility index (Phi) is 10.4. The average Bonchev–Trinajstić information content (AvgIpc) is 3.67. The van der Waals surface area contributed by atoms with Gasteiger partial charge in [-0.2, -0.15) is 5.10 Å². The molecule has 2 amide bonds. The minimum absolute atomic E-state index is 0.0743. The number of hydrogen-bond acceptors (Lipinski definition) is 9. The van der Waals surface area contributed by atoms with Gasteiger partial charge in [0.1, 0.15) is 11.9 Å². The van der Waals surface area contributed by atoms with Crippen molar-refractivity contribution in [1.82, 2.24) is 29.4 Å². The molecule has 0 N–H and O–H groups in total. The van der Waals surface area contributed by atoms with Crippen molar-refractivity contribution in [3.8, 4) is 16.9 Å². The Morgan fingerprint density at radius 2 is 1.22 bits per heavy atom. The smallest absolute Gasteiger partial charge is 0.270 e. The van der Waals surface area contributed by atoms with Crippen molar-refractivity contribution in [2.24, 2.45) is 0 Å². The molecular weight excluding hydrogens is 695 g/mol. The van der Waals surface area contributed by atoms with Gasteiger partial charge >= 0.3 is 0 Å². The zero-order chi connectivity index (χ0) is 38.1. The van der Waals surface area contributed by atoms with Crippen molar-refractivity contribution in [3.05, 3.63) is 113 Å². The largest absolute Gasteiger partial charge is 0.301 e. The van der Waals surface area contributed by atoms with Gasteiger partial charge in [-0.15, -0.1) is 0 Å². The lowest BCUT2D eigenvalue weighted by Crippen LogP contribution is -2.56. The van der Waals surface area contributed by atoms with E-state index in [4.69, 9.17) is 5.10 Å². The number of carbonyl (C=O) groups excluding carboxylic acids is 2. The fourth-order valence-electron chi connectivity index (χ4n) is 8.24. The van der Waals surface area contributed by atoms with E-state index >= 15 is 9.59 Å². The molecule has 0 unspecified atom stereocenters. The second-order valence-corrected chi connectivity index (χ2v) is 14.5. The first-order valence-corrected chi connectivity index (χ1v) is 19.3. The van der Waals surface area contributed by atoms with Crippen LogP contribution in [0.4, 0.5) is 17.1 Å². The number of likely N-dealkylation sites (N-methyl/N-ethyl adjacent to an activating group) is 2. The van der Waals surface area contributed by atoms with Gasteiger partial charge in [-0.1, -0.05) is 68.4 Å². The third-order valence-electron chi connectivity index (χ3n) is 11.3. The molecule has 0 bridgehead atoms. The van der Waals surface area contributed by atoms with Crippen LogP contribution in [0.2, 0.25) is 0 Å². The van der Waals surface area contributed by atoms with Crippen LogP contribution in [0.5, 0.6) is 0 Å². The fourth-order valence-corrected chi connectivity index (χ4v) is 8.24. The van der Waals surface area contributed by atoms with E-state index < -0.39 is 11.1 Å². The van der Waals surface area contributed by atoms with Gasteiger partial charge in [0.2, 0.25) is 11.8 Å². The molecule has 13 nitrogen and oxygen atoms in total. The zero-order valence-corrected chi connectivity index (χ0v) is 31.5. The number of nitro groups is 1. The van der Waals surface area contributed by atoms with Crippen LogP contribution < -0.4 is 9.80 Å². The summed E-state index contributed by atoms with van der Waals surface area (Å²) in [6.07, 6.45) is 0.934. The summed E-state index contributed by atoms with van der Waals surface area (Å²) < 4.78 is 1.74. The van der Waals surface area contributed by atoms with Crippen molar-refractivity contribution in [1.29, 1.82) is 0 Å². The molecule has 13 heteroatoms. The molecule has 0 aliphatic carbocycles. The normalized spacial score (nSPS) is 17.6. The quantitative estimate of drug-likeness (QED) is 0.140. The van der Waals surface area contributed by atoms with Crippen LogP contribution in [-0.4, -0.2) is 125 Å². The summed E-state index contributed by atoms with van der Waals surface area (Å²) in [5.74, 6) is -0.271. The maximum Gasteiger partial charge on any atom is 0.270 e. The van der Waals surface area contributed by atoms with E-state index in [0.717, 1.165) is 81.9 Å². The molecule has 3 aliphatic heterocycles. The Morgan fingerprint density at radius 3 is 1.75 bits per heavy atom. The van der Waals surface area contributed by atoms with Crippen LogP contribution >= 0.6 is 0 Å². The summed E-state index contributed by atoms with van der Waals surface area (Å²) in [4.78, 5) is 54.7. The number of amides is 2. The lowest BCUT2D eigenvalue weighted by atomic mass is 9.96. The van der Waals surface area contributed by atoms with Gasteiger partial charge in [0.25, 0.3) is 5.69 Å². The minimum atomic E-state index is -0.943. The monoisotopic (exact) mass is 741 g/mol. The molecule has 4 heterocycles. The van der Waals surface area contributed by atoms with E-state index in [-0.39, 0.29) is 30.6 Å². The van der Waals surface area contributed by atoms with Crippen molar-refractivity contribution in [3.63, 3.8) is 0 Å². The summed E-state index contributed by atoms with van der Waals surface area (Å²) in [7, 11) is 0. The van der Waals surface area contributed by atoms with Crippen molar-refractivity contribution < 1.29 is 14.5 Å². The number of piperazine rings is 2. The molecule has 2 saturated heterocycles. The number of hydrogen-bond donors (Lipinski definition) is 0. The summed E-state index contributed by atoms with van der Waals surface area (Å²) in [6.45, 7) is 13.1. The number of nitrogens with zero attached hydrogens (tertiary/aromatic N) is 9. The molecule has 5 aromatic rings. The second-order valence-electron chi connectivity index (χ2n) is 14.5. The van der Waals surface area contributed by atoms with E-state index in [1.807, 2.05) is 72.9 Å². The molecule has 0 atom stereocenters. The van der Waals surface area contributed by atoms with Gasteiger partial charge in [0.05, 0.1) is 35.1 Å². The fraction of sp³-hybridized carbons (Fsp3) is 0.357. The van der Waals surface area contributed by atoms with Crippen LogP contribution in [0.3, 0.4) is 0 Å². The van der Waals surface area contributed by atoms with Crippen LogP contribution in [0, 0.1) is 10.1 Å². The van der Waals surface area contributed by atoms with E-state index in [9.17, 15) is 10.1 Å². The van der Waals surface area contributed by atoms with Gasteiger partial charge in [-0.25, -0.2) is 4.68 Å². The lowest BCUT2D eigenvalue weighted by Gasteiger charge is -2.46. The first kappa shape index (κ1) is 36.5. The molecule has 2 fully saturated rings. The average molecular weight is 742 g/mol. The van der Waals surface area contributed by atoms with Crippen LogP contribution in [-0.2, 0) is 9.59 Å². The molecule has 1 aromatic heterocycles. The van der Waals surface area contributed by atoms with E-state index in [1.54, 1.807) is 26.6 Å². The number of para-hydroxylation sites is 1. The number of carbonyl (C=O) groups is 2. The Bertz CT molecular complexity index is 2110. The Morgan fingerprint density at radius 1 is 0.691 bits per heavy atom. The summed E-state index contributed by atoms with van der Waals surface area (Å²) in [6, 6.07) is 27.9. The van der Waals surface area contributed by atoms with Gasteiger partial charge in [0.15, 0.2) is 0 Å². The van der Waals surface area contributed by atoms with Crippen LogP contribution in [0.15, 0.2) is 97.2 Å². The number of non-ortho nitro benzene ring substituents is 1. The number of rotatable bonds is 10. The topological polar surface area (TPSA) is 115 Å². The molecular formula is C42H47N9O4. The SMILES string of the molecule is CCN1CCN(CC(=O)N2c3cccc4cccc(c34)N(C(=O)CN3CCN(CC)CC3)C2c2cn(-c3ccccc3)nc2-c2cccc([N+](=O)[O-])c2)CC1. The van der Waals surface area contributed by atoms with Crippen molar-refractivity contribution >= 4 is 39.6 Å². The lowest BCUT2D eigenvalue weighted by molar-refractivity contribution is -0.384. The molecule has 55 heavy (non-hydrogen) atoms. The maximum atomic E-state index is 15.1. The van der Waals surface area contributed by atoms with Gasteiger partial charge in [-0.3, -0.25) is 39.3 Å². The highest BCUT2D eigenvalue weighted by molar-refractivity contribution is 6.17. The van der Waals surface area contributed by atoms with Gasteiger partial charge in [-0.05, 0) is 42.7 Å². The number of anilines is 2. The Balaban J connectivity index is 1.32. The summed E-state index contributed by atoms with van der Waals surface area (Å²) in [5, 5.41) is 18.9. The third kappa shape index (κ3) is 7.23. The first-order chi connectivity index (χ1) is 26.8. The molecule has 0 spiro atoms. The number of aromatic nitrogens is 2. The first-order valence-electron chi connectivity index (χ1n) is 19.3. The minimum Gasteiger partial charge on any atom is -0.301 e. The molecule has 4 aromatic carbocycles. The number of benzene rings is 4. The van der Waals surface area contributed by atoms with Crippen LogP contribution in [0.1, 0.15) is 25.6 Å². The summed E-state index contributed by atoms with van der Waals surface area (Å²) in [5.41, 5.74) is 3.69. The predicted molar refractivity (Wildman–Crippen MR) is 214 cm³/mol. The van der Waals surface area contributed by atoms with Crippen molar-refractivity contribution in [2.45, 2.75) is 20.0 Å². The highest BCUT2D eigenvalue weighted by Crippen LogP contribution is 2.48. The van der Waals surface area contributed by atoms with Gasteiger partial charge in [0, 0.05) is 87.2 Å². The van der Waals surface area contributed by atoms with Gasteiger partial charge < -0.3 is 9.80 Å². The van der Waals surface area contributed by atoms with E-state index in [1.165, 1.54) is 12.1 Å². The van der Waals surface area contributed by atoms with Crippen molar-refractivity contribution in [2.75, 3.05) is 88.3 Å². The Hall–Kier alpha value is -5.47. The molecule has 3 aliphatic rings. The highest BCUT2D eigenvalue weighted by atomic mass is 16.6. The highest BCUT2D eigenvalue weighted by Gasteiger charge is 2.44. The Labute approximate surface area is 321 Å². The number of nitro benzene ring substituents is 1. The molecule has 0 saturated carbocycles. The predicted octanol–water partition coefficient (Wildman–Crippen LogP) is 5.25. The zero-order valence-electron chi connectivity index (χ0n) is 31.5. The maximum absolute atomic E-state index is 15.1. The second kappa shape index (κ2) is 15.7. The molecule has 284 valence electrons. The summed E-state index contributed by atoms with van der Waals surface area (Å²) >= 11 is 0. The van der Waals surface area contributed by atoms with Crippen LogP contribution in [0.25, 0.3) is 27.7 Å². The molecule has 0 radical (unpaired) electrons. The van der Waals surface area contributed by atoms with E-state index in [0.29, 0.717) is 28.2 Å². The standard InChI is InChI=1S/C42H47N9O4/c1-3-44-19-23-46(24-20-44)29-38(52)49-36-17-9-11-31-12-10-18-37(40(31)36)50(39(53)30-47-25-21-45(4-2)22-26-47)42(49)35-28-48(33-14-6-5-7-15-33)43-41(35)32-13-8-16-34(27-32)51(54)55/h5-18,27-28,42H,3-4,19-26,29-30H2,1-2H3. The van der Waals surface area contributed by atoms with E-state index in [2.05, 4.69) is 33.4 Å². The third-order valence-corrected chi connectivity index (χ3v) is 11.3.